The molecule has 1 aliphatic carbocycles. The van der Waals surface area contributed by atoms with Crippen LogP contribution in [-0.4, -0.2) is 25.3 Å². The van der Waals surface area contributed by atoms with Crippen LogP contribution in [-0.2, 0) is 16.6 Å². The maximum atomic E-state index is 12.8. The van der Waals surface area contributed by atoms with Crippen LogP contribution in [0.5, 0.6) is 0 Å². The highest BCUT2D eigenvalue weighted by Crippen LogP contribution is 2.38. The van der Waals surface area contributed by atoms with Gasteiger partial charge < -0.3 is 10.1 Å². The fourth-order valence-electron chi connectivity index (χ4n) is 2.79. The van der Waals surface area contributed by atoms with Crippen LogP contribution < -0.4 is 5.32 Å². The predicted octanol–water partition coefficient (Wildman–Crippen LogP) is 4.08. The van der Waals surface area contributed by atoms with Crippen LogP contribution in [0.4, 0.5) is 13.2 Å². The van der Waals surface area contributed by atoms with Crippen molar-refractivity contribution in [3.05, 3.63) is 47.2 Å². The van der Waals surface area contributed by atoms with Crippen LogP contribution in [0.25, 0.3) is 0 Å². The molecule has 3 nitrogen and oxygen atoms in total. The lowest BCUT2D eigenvalue weighted by Gasteiger charge is -2.35. The standard InChI is InChI=1S/C17H18ClF3N2O/c1-24-9-14-8-15(11-2-3-11)23-16(10-18,22-14)12-4-6-13(7-5-12)17(19,20)21/h4-8,11,22H,2-3,9-10H2,1H3. The fraction of sp³-hybridized carbons (Fsp3) is 0.471. The lowest BCUT2D eigenvalue weighted by molar-refractivity contribution is -0.137. The van der Waals surface area contributed by atoms with Crippen LogP contribution in [0.1, 0.15) is 24.0 Å². The predicted molar refractivity (Wildman–Crippen MR) is 87.1 cm³/mol. The summed E-state index contributed by atoms with van der Waals surface area (Å²) < 4.78 is 43.5. The Hall–Kier alpha value is -1.53. The molecule has 0 saturated heterocycles. The molecular formula is C17H18ClF3N2O. The Bertz CT molecular complexity index is 665. The quantitative estimate of drug-likeness (QED) is 0.805. The van der Waals surface area contributed by atoms with E-state index in [0.717, 1.165) is 36.4 Å². The summed E-state index contributed by atoms with van der Waals surface area (Å²) in [5.41, 5.74) is 0.708. The topological polar surface area (TPSA) is 33.6 Å². The molecule has 1 atom stereocenters. The molecule has 1 aliphatic heterocycles. The lowest BCUT2D eigenvalue weighted by Crippen LogP contribution is -2.46. The van der Waals surface area contributed by atoms with Crippen molar-refractivity contribution in [3.8, 4) is 0 Å². The molecule has 1 saturated carbocycles. The lowest BCUT2D eigenvalue weighted by atomic mass is 9.97. The monoisotopic (exact) mass is 358 g/mol. The molecule has 0 spiro atoms. The number of methoxy groups -OCH3 is 1. The van der Waals surface area contributed by atoms with Gasteiger partial charge in [0.25, 0.3) is 0 Å². The van der Waals surface area contributed by atoms with Crippen molar-refractivity contribution in [2.24, 2.45) is 10.9 Å². The van der Waals surface area contributed by atoms with E-state index in [0.29, 0.717) is 18.1 Å². The van der Waals surface area contributed by atoms with Gasteiger partial charge in [0.15, 0.2) is 5.66 Å². The second kappa shape index (κ2) is 6.41. The number of allylic oxidation sites excluding steroid dienone is 1. The summed E-state index contributed by atoms with van der Waals surface area (Å²) in [5.74, 6) is 0.506. The number of halogens is 4. The minimum atomic E-state index is -4.36. The normalized spacial score (nSPS) is 24.2. The van der Waals surface area contributed by atoms with Crippen molar-refractivity contribution in [3.63, 3.8) is 0 Å². The molecule has 7 heteroatoms. The van der Waals surface area contributed by atoms with E-state index in [4.69, 9.17) is 21.3 Å². The van der Waals surface area contributed by atoms with Crippen molar-refractivity contribution >= 4 is 17.3 Å². The van der Waals surface area contributed by atoms with E-state index in [9.17, 15) is 13.2 Å². The zero-order valence-corrected chi connectivity index (χ0v) is 13.9. The first-order chi connectivity index (χ1) is 11.4. The zero-order chi connectivity index (χ0) is 17.4. The maximum Gasteiger partial charge on any atom is 0.416 e. The number of alkyl halides is 4. The first-order valence-electron chi connectivity index (χ1n) is 7.69. The Morgan fingerprint density at radius 3 is 2.46 bits per heavy atom. The first kappa shape index (κ1) is 17.3. The van der Waals surface area contributed by atoms with E-state index in [2.05, 4.69) is 5.32 Å². The molecule has 0 radical (unpaired) electrons. The number of nitrogens with one attached hydrogen (secondary N) is 1. The molecule has 1 heterocycles. The average molecular weight is 359 g/mol. The summed E-state index contributed by atoms with van der Waals surface area (Å²) in [4.78, 5) is 4.75. The van der Waals surface area contributed by atoms with Crippen molar-refractivity contribution in [2.45, 2.75) is 24.7 Å². The number of aliphatic imine (C=N–C) groups is 1. The van der Waals surface area contributed by atoms with E-state index in [1.54, 1.807) is 7.11 Å². The highest BCUT2D eigenvalue weighted by molar-refractivity contribution is 6.19. The van der Waals surface area contributed by atoms with Crippen LogP contribution in [0, 0.1) is 5.92 Å². The second-order valence-electron chi connectivity index (χ2n) is 6.11. The number of hydrogen-bond donors (Lipinski definition) is 1. The van der Waals surface area contributed by atoms with Gasteiger partial charge in [0, 0.05) is 30.0 Å². The molecular weight excluding hydrogens is 341 g/mol. The summed E-state index contributed by atoms with van der Waals surface area (Å²) in [6.07, 6.45) is -0.270. The van der Waals surface area contributed by atoms with Crippen LogP contribution in [0.15, 0.2) is 41.0 Å². The second-order valence-corrected chi connectivity index (χ2v) is 6.37. The molecule has 1 aromatic carbocycles. The Kier molecular flexibility index (Phi) is 4.62. The largest absolute Gasteiger partial charge is 0.416 e. The molecule has 1 fully saturated rings. The molecule has 1 aromatic rings. The van der Waals surface area contributed by atoms with Gasteiger partial charge in [0.2, 0.25) is 0 Å². The Morgan fingerprint density at radius 2 is 1.96 bits per heavy atom. The van der Waals surface area contributed by atoms with Crippen molar-refractivity contribution in [1.82, 2.24) is 5.32 Å². The number of rotatable bonds is 5. The van der Waals surface area contributed by atoms with Gasteiger partial charge in [-0.2, -0.15) is 13.2 Å². The van der Waals surface area contributed by atoms with Crippen molar-refractivity contribution in [2.75, 3.05) is 19.6 Å². The molecule has 0 amide bonds. The third kappa shape index (κ3) is 3.44. The van der Waals surface area contributed by atoms with E-state index in [1.807, 2.05) is 6.08 Å². The molecule has 1 unspecified atom stereocenters. The minimum Gasteiger partial charge on any atom is -0.378 e. The summed E-state index contributed by atoms with van der Waals surface area (Å²) in [5, 5.41) is 3.24. The van der Waals surface area contributed by atoms with Gasteiger partial charge in [-0.05, 0) is 31.1 Å². The van der Waals surface area contributed by atoms with E-state index in [-0.39, 0.29) is 5.88 Å². The van der Waals surface area contributed by atoms with Crippen molar-refractivity contribution in [1.29, 1.82) is 0 Å². The van der Waals surface area contributed by atoms with E-state index >= 15 is 0 Å². The zero-order valence-electron chi connectivity index (χ0n) is 13.2. The van der Waals surface area contributed by atoms with Gasteiger partial charge in [-0.1, -0.05) is 12.1 Å². The smallest absolute Gasteiger partial charge is 0.378 e. The third-order valence-electron chi connectivity index (χ3n) is 4.19. The first-order valence-corrected chi connectivity index (χ1v) is 8.22. The summed E-state index contributed by atoms with van der Waals surface area (Å²) in [6.45, 7) is 0.366. The summed E-state index contributed by atoms with van der Waals surface area (Å²) in [7, 11) is 1.59. The number of nitrogens with zero attached hydrogens (tertiary/aromatic N) is 1. The molecule has 130 valence electrons. The highest BCUT2D eigenvalue weighted by atomic mass is 35.5. The molecule has 24 heavy (non-hydrogen) atoms. The molecule has 1 N–H and O–H groups in total. The molecule has 3 rings (SSSR count). The summed E-state index contributed by atoms with van der Waals surface area (Å²) >= 11 is 6.20. The van der Waals surface area contributed by atoms with Gasteiger partial charge in [-0.3, -0.25) is 4.99 Å². The van der Waals surface area contributed by atoms with Crippen molar-refractivity contribution < 1.29 is 17.9 Å². The van der Waals surface area contributed by atoms with Gasteiger partial charge in [0.1, 0.15) is 0 Å². The number of ether oxygens (including phenoxy) is 1. The summed E-state index contributed by atoms with van der Waals surface area (Å²) in [6, 6.07) is 4.99. The molecule has 0 bridgehead atoms. The average Bonchev–Trinajstić information content (AvgIpc) is 3.39. The molecule has 0 aromatic heterocycles. The van der Waals surface area contributed by atoms with Crippen LogP contribution in [0.2, 0.25) is 0 Å². The Labute approximate surface area is 143 Å². The number of benzene rings is 1. The van der Waals surface area contributed by atoms with E-state index in [1.165, 1.54) is 12.1 Å². The minimum absolute atomic E-state index is 0.107. The SMILES string of the molecule is COCC1=CC(C2CC2)=NC(CCl)(c2ccc(C(F)(F)F)cc2)N1. The Balaban J connectivity index is 1.97. The van der Waals surface area contributed by atoms with Gasteiger partial charge in [-0.15, -0.1) is 11.6 Å². The maximum absolute atomic E-state index is 12.8. The van der Waals surface area contributed by atoms with E-state index < -0.39 is 17.4 Å². The van der Waals surface area contributed by atoms with Gasteiger partial charge >= 0.3 is 6.18 Å². The Morgan fingerprint density at radius 1 is 1.29 bits per heavy atom. The van der Waals surface area contributed by atoms with Crippen LogP contribution >= 0.6 is 11.6 Å². The number of hydrogen-bond acceptors (Lipinski definition) is 3. The highest BCUT2D eigenvalue weighted by Gasteiger charge is 2.39. The van der Waals surface area contributed by atoms with Gasteiger partial charge in [-0.25, -0.2) is 0 Å². The molecule has 2 aliphatic rings. The van der Waals surface area contributed by atoms with Gasteiger partial charge in [0.05, 0.1) is 18.1 Å². The van der Waals surface area contributed by atoms with Crippen LogP contribution in [0.3, 0.4) is 0 Å². The fourth-order valence-corrected chi connectivity index (χ4v) is 3.08. The third-order valence-corrected chi connectivity index (χ3v) is 4.57.